The first-order valence-corrected chi connectivity index (χ1v) is 4.75. The van der Waals surface area contributed by atoms with Gasteiger partial charge in [0.15, 0.2) is 6.29 Å². The minimum atomic E-state index is 0.0770. The molecule has 0 amide bonds. The van der Waals surface area contributed by atoms with Gasteiger partial charge in [0.2, 0.25) is 0 Å². The quantitative estimate of drug-likeness (QED) is 0.713. The number of carbonyl (C=O) groups excluding carboxylic acids is 2. The molecule has 15 heavy (non-hydrogen) atoms. The Bertz CT molecular complexity index is 525. The van der Waals surface area contributed by atoms with Gasteiger partial charge in [0.25, 0.3) is 0 Å². The first-order chi connectivity index (χ1) is 7.22. The summed E-state index contributed by atoms with van der Waals surface area (Å²) in [5.41, 5.74) is 1.56. The van der Waals surface area contributed by atoms with Crippen LogP contribution in [0.4, 0.5) is 0 Å². The Balaban J connectivity index is 2.64. The first kappa shape index (κ1) is 9.65. The number of aromatic nitrogens is 1. The zero-order valence-corrected chi connectivity index (χ0v) is 8.43. The monoisotopic (exact) mass is 201 g/mol. The van der Waals surface area contributed by atoms with Gasteiger partial charge in [-0.15, -0.1) is 0 Å². The van der Waals surface area contributed by atoms with Gasteiger partial charge in [-0.25, -0.2) is 0 Å². The molecule has 0 spiro atoms. The van der Waals surface area contributed by atoms with Gasteiger partial charge in [-0.3, -0.25) is 9.59 Å². The molecule has 0 radical (unpaired) electrons. The second kappa shape index (κ2) is 3.69. The highest BCUT2D eigenvalue weighted by molar-refractivity contribution is 5.98. The number of ketones is 1. The van der Waals surface area contributed by atoms with E-state index in [0.717, 1.165) is 17.2 Å². The molecule has 0 bridgehead atoms. The van der Waals surface area contributed by atoms with Crippen LogP contribution in [0.25, 0.3) is 10.9 Å². The zero-order chi connectivity index (χ0) is 10.8. The summed E-state index contributed by atoms with van der Waals surface area (Å²) < 4.78 is 1.81. The third-order valence-corrected chi connectivity index (χ3v) is 2.34. The number of carbonyl (C=O) groups is 2. The lowest BCUT2D eigenvalue weighted by Crippen LogP contribution is -2.04. The molecule has 0 aliphatic rings. The summed E-state index contributed by atoms with van der Waals surface area (Å²) >= 11 is 0. The number of Topliss-reactive ketones (excluding diaryl/α,β-unsaturated/α-hetero) is 1. The van der Waals surface area contributed by atoms with Crippen LogP contribution >= 0.6 is 0 Å². The van der Waals surface area contributed by atoms with E-state index in [0.29, 0.717) is 12.1 Å². The van der Waals surface area contributed by atoms with E-state index in [1.165, 1.54) is 6.92 Å². The van der Waals surface area contributed by atoms with E-state index in [1.807, 2.05) is 24.3 Å². The first-order valence-electron chi connectivity index (χ1n) is 4.75. The van der Waals surface area contributed by atoms with Crippen molar-refractivity contribution in [1.29, 1.82) is 0 Å². The summed E-state index contributed by atoms with van der Waals surface area (Å²) in [5.74, 6) is 0.0770. The molecule has 0 saturated heterocycles. The maximum atomic E-state index is 11.0. The molecule has 0 N–H and O–H groups in total. The van der Waals surface area contributed by atoms with Crippen LogP contribution < -0.4 is 0 Å². The molecule has 0 saturated carbocycles. The Kier molecular flexibility index (Phi) is 2.37. The van der Waals surface area contributed by atoms with Gasteiger partial charge in [-0.05, 0) is 13.0 Å². The molecular formula is C12H11NO2. The molecule has 0 aliphatic carbocycles. The second-order valence-corrected chi connectivity index (χ2v) is 3.55. The smallest absolute Gasteiger partial charge is 0.152 e. The Morgan fingerprint density at radius 3 is 2.80 bits per heavy atom. The predicted octanol–water partition coefficient (Wildman–Crippen LogP) is 2.04. The van der Waals surface area contributed by atoms with E-state index in [4.69, 9.17) is 0 Å². The lowest BCUT2D eigenvalue weighted by Gasteiger charge is -2.00. The minimum absolute atomic E-state index is 0.0770. The molecule has 2 aromatic rings. The highest BCUT2D eigenvalue weighted by atomic mass is 16.1. The van der Waals surface area contributed by atoms with Crippen molar-refractivity contribution >= 4 is 23.0 Å². The Hall–Kier alpha value is -1.90. The van der Waals surface area contributed by atoms with Gasteiger partial charge in [-0.2, -0.15) is 0 Å². The van der Waals surface area contributed by atoms with Gasteiger partial charge < -0.3 is 4.57 Å². The van der Waals surface area contributed by atoms with Crippen LogP contribution in [-0.2, 0) is 11.3 Å². The molecule has 3 heteroatoms. The van der Waals surface area contributed by atoms with Crippen LogP contribution in [-0.4, -0.2) is 16.6 Å². The predicted molar refractivity (Wildman–Crippen MR) is 58.0 cm³/mol. The molecule has 1 heterocycles. The molecule has 0 unspecified atom stereocenters. The van der Waals surface area contributed by atoms with Crippen molar-refractivity contribution in [1.82, 2.24) is 4.57 Å². The topological polar surface area (TPSA) is 39.1 Å². The van der Waals surface area contributed by atoms with Crippen molar-refractivity contribution in [2.45, 2.75) is 13.5 Å². The van der Waals surface area contributed by atoms with E-state index in [1.54, 1.807) is 10.8 Å². The highest BCUT2D eigenvalue weighted by Gasteiger charge is 2.07. The van der Waals surface area contributed by atoms with Crippen molar-refractivity contribution < 1.29 is 9.59 Å². The Morgan fingerprint density at radius 2 is 2.13 bits per heavy atom. The van der Waals surface area contributed by atoms with Crippen LogP contribution in [0.15, 0.2) is 30.5 Å². The molecule has 1 aromatic heterocycles. The molecule has 3 nitrogen and oxygen atoms in total. The molecular weight excluding hydrogens is 190 g/mol. The summed E-state index contributed by atoms with van der Waals surface area (Å²) in [6.07, 6.45) is 2.54. The van der Waals surface area contributed by atoms with Gasteiger partial charge in [0, 0.05) is 22.7 Å². The molecule has 0 aliphatic heterocycles. The van der Waals surface area contributed by atoms with E-state index < -0.39 is 0 Å². The largest absolute Gasteiger partial charge is 0.339 e. The number of aldehydes is 1. The Morgan fingerprint density at radius 1 is 1.40 bits per heavy atom. The number of hydrogen-bond acceptors (Lipinski definition) is 2. The zero-order valence-electron chi connectivity index (χ0n) is 8.43. The third kappa shape index (κ3) is 1.68. The fraction of sp³-hybridized carbons (Fsp3) is 0.167. The Labute approximate surface area is 87.3 Å². The van der Waals surface area contributed by atoms with Crippen LogP contribution in [0.1, 0.15) is 17.3 Å². The summed E-state index contributed by atoms with van der Waals surface area (Å²) in [4.78, 5) is 21.9. The van der Waals surface area contributed by atoms with Crippen LogP contribution in [0.5, 0.6) is 0 Å². The van der Waals surface area contributed by atoms with Crippen molar-refractivity contribution in [2.75, 3.05) is 0 Å². The highest BCUT2D eigenvalue weighted by Crippen LogP contribution is 2.19. The normalized spacial score (nSPS) is 10.5. The van der Waals surface area contributed by atoms with E-state index >= 15 is 0 Å². The van der Waals surface area contributed by atoms with Gasteiger partial charge in [-0.1, -0.05) is 18.2 Å². The summed E-state index contributed by atoms with van der Waals surface area (Å²) in [6.45, 7) is 1.85. The van der Waals surface area contributed by atoms with Gasteiger partial charge >= 0.3 is 0 Å². The van der Waals surface area contributed by atoms with Crippen molar-refractivity contribution in [3.8, 4) is 0 Å². The molecule has 76 valence electrons. The summed E-state index contributed by atoms with van der Waals surface area (Å²) in [5, 5.41) is 0.897. The van der Waals surface area contributed by atoms with Crippen molar-refractivity contribution in [3.05, 3.63) is 36.0 Å². The molecule has 0 atom stereocenters. The minimum Gasteiger partial charge on any atom is -0.339 e. The SMILES string of the molecule is CC(=O)Cn1cc(C=O)c2ccccc21. The van der Waals surface area contributed by atoms with Gasteiger partial charge in [0.05, 0.1) is 6.54 Å². The average molecular weight is 201 g/mol. The maximum absolute atomic E-state index is 11.0. The van der Waals surface area contributed by atoms with Crippen molar-refractivity contribution in [3.63, 3.8) is 0 Å². The number of para-hydroxylation sites is 1. The standard InChI is InChI=1S/C12H11NO2/c1-9(15)6-13-7-10(8-14)11-4-2-3-5-12(11)13/h2-5,7-8H,6H2,1H3. The number of hydrogen-bond donors (Lipinski definition) is 0. The lowest BCUT2D eigenvalue weighted by atomic mass is 10.2. The molecule has 2 rings (SSSR count). The lowest BCUT2D eigenvalue weighted by molar-refractivity contribution is -0.117. The fourth-order valence-electron chi connectivity index (χ4n) is 1.74. The number of rotatable bonds is 3. The van der Waals surface area contributed by atoms with Gasteiger partial charge in [0.1, 0.15) is 5.78 Å². The average Bonchev–Trinajstić information content (AvgIpc) is 2.56. The van der Waals surface area contributed by atoms with E-state index in [2.05, 4.69) is 0 Å². The number of nitrogens with zero attached hydrogens (tertiary/aromatic N) is 1. The maximum Gasteiger partial charge on any atom is 0.152 e. The molecule has 0 fully saturated rings. The van der Waals surface area contributed by atoms with E-state index in [9.17, 15) is 9.59 Å². The molecule has 1 aromatic carbocycles. The van der Waals surface area contributed by atoms with Crippen LogP contribution in [0.2, 0.25) is 0 Å². The number of benzene rings is 1. The van der Waals surface area contributed by atoms with Crippen LogP contribution in [0.3, 0.4) is 0 Å². The van der Waals surface area contributed by atoms with Crippen molar-refractivity contribution in [2.24, 2.45) is 0 Å². The van der Waals surface area contributed by atoms with E-state index in [-0.39, 0.29) is 5.78 Å². The number of fused-ring (bicyclic) bond motifs is 1. The fourth-order valence-corrected chi connectivity index (χ4v) is 1.74. The second-order valence-electron chi connectivity index (χ2n) is 3.55. The third-order valence-electron chi connectivity index (χ3n) is 2.34. The van der Waals surface area contributed by atoms with Crippen LogP contribution in [0, 0.1) is 0 Å². The summed E-state index contributed by atoms with van der Waals surface area (Å²) in [6, 6.07) is 7.57. The summed E-state index contributed by atoms with van der Waals surface area (Å²) in [7, 11) is 0.